The average Bonchev–Trinajstić information content (AvgIpc) is 2.56. The Morgan fingerprint density at radius 3 is 1.45 bits per heavy atom. The highest BCUT2D eigenvalue weighted by atomic mass is 14.1. The van der Waals surface area contributed by atoms with Crippen LogP contribution in [0.5, 0.6) is 0 Å². The van der Waals surface area contributed by atoms with Crippen LogP contribution in [0.15, 0.2) is 48.5 Å². The molecule has 0 aliphatic heterocycles. The Morgan fingerprint density at radius 2 is 1.05 bits per heavy atom. The molecule has 0 aliphatic carbocycles. The van der Waals surface area contributed by atoms with Crippen molar-refractivity contribution in [2.45, 2.75) is 65.2 Å². The topological polar surface area (TPSA) is 0 Å². The van der Waals surface area contributed by atoms with E-state index < -0.39 is 0 Å². The Labute approximate surface area is 136 Å². The van der Waals surface area contributed by atoms with Gasteiger partial charge in [-0.15, -0.1) is 0 Å². The van der Waals surface area contributed by atoms with Crippen LogP contribution in [0.25, 0.3) is 11.1 Å². The third-order valence-corrected chi connectivity index (χ3v) is 4.33. The summed E-state index contributed by atoms with van der Waals surface area (Å²) in [5, 5.41) is 0. The number of rotatable bonds is 9. The van der Waals surface area contributed by atoms with Gasteiger partial charge in [-0.2, -0.15) is 0 Å². The van der Waals surface area contributed by atoms with Crippen molar-refractivity contribution in [3.8, 4) is 11.1 Å². The highest BCUT2D eigenvalue weighted by Crippen LogP contribution is 2.23. The molecule has 0 aromatic heterocycles. The maximum Gasteiger partial charge on any atom is -0.0181 e. The molecule has 0 heteroatoms. The summed E-state index contributed by atoms with van der Waals surface area (Å²) in [5.41, 5.74) is 5.68. The minimum Gasteiger partial charge on any atom is -0.0654 e. The van der Waals surface area contributed by atoms with Gasteiger partial charge in [0.25, 0.3) is 0 Å². The predicted octanol–water partition coefficient (Wildman–Crippen LogP) is 6.82. The van der Waals surface area contributed by atoms with Crippen molar-refractivity contribution in [1.29, 1.82) is 0 Å². The van der Waals surface area contributed by atoms with Gasteiger partial charge in [-0.25, -0.2) is 0 Å². The molecular formula is C22H30. The number of benzene rings is 2. The Morgan fingerprint density at radius 1 is 0.591 bits per heavy atom. The molecule has 0 unspecified atom stereocenters. The van der Waals surface area contributed by atoms with Crippen LogP contribution >= 0.6 is 0 Å². The minimum atomic E-state index is 1.21. The highest BCUT2D eigenvalue weighted by molar-refractivity contribution is 5.65. The van der Waals surface area contributed by atoms with Crippen molar-refractivity contribution in [2.24, 2.45) is 0 Å². The quantitative estimate of drug-likeness (QED) is 0.445. The first-order valence-corrected chi connectivity index (χ1v) is 9.01. The fourth-order valence-electron chi connectivity index (χ4n) is 2.97. The lowest BCUT2D eigenvalue weighted by Gasteiger charge is -2.08. The maximum atomic E-state index is 2.38. The summed E-state index contributed by atoms with van der Waals surface area (Å²) in [4.78, 5) is 0. The van der Waals surface area contributed by atoms with Crippen LogP contribution in [-0.4, -0.2) is 0 Å². The van der Waals surface area contributed by atoms with Crippen LogP contribution < -0.4 is 0 Å². The molecule has 0 amide bonds. The minimum absolute atomic E-state index is 1.21. The molecular weight excluding hydrogens is 264 g/mol. The van der Waals surface area contributed by atoms with Gasteiger partial charge in [0.2, 0.25) is 0 Å². The Bertz CT molecular complexity index is 502. The molecule has 0 spiro atoms. The summed E-state index contributed by atoms with van der Waals surface area (Å²) in [7, 11) is 0. The first-order chi connectivity index (χ1) is 10.8. The van der Waals surface area contributed by atoms with Gasteiger partial charge in [-0.3, -0.25) is 0 Å². The van der Waals surface area contributed by atoms with E-state index in [0.717, 1.165) is 0 Å². The van der Waals surface area contributed by atoms with Crippen LogP contribution in [0, 0.1) is 0 Å². The number of unbranched alkanes of at least 4 members (excludes halogenated alkanes) is 4. The van der Waals surface area contributed by atoms with Crippen molar-refractivity contribution in [1.82, 2.24) is 0 Å². The fraction of sp³-hybridized carbons (Fsp3) is 0.455. The largest absolute Gasteiger partial charge is 0.0654 e. The van der Waals surface area contributed by atoms with Crippen molar-refractivity contribution < 1.29 is 0 Å². The number of hydrogen-bond donors (Lipinski definition) is 0. The molecule has 0 atom stereocenters. The van der Waals surface area contributed by atoms with Gasteiger partial charge < -0.3 is 0 Å². The molecule has 0 fully saturated rings. The van der Waals surface area contributed by atoms with E-state index in [1.807, 2.05) is 0 Å². The second-order valence-electron chi connectivity index (χ2n) is 6.31. The Kier molecular flexibility index (Phi) is 7.22. The zero-order chi connectivity index (χ0) is 15.6. The van der Waals surface area contributed by atoms with Crippen LogP contribution in [-0.2, 0) is 12.8 Å². The monoisotopic (exact) mass is 294 g/mol. The third-order valence-electron chi connectivity index (χ3n) is 4.33. The van der Waals surface area contributed by atoms with E-state index >= 15 is 0 Å². The first-order valence-electron chi connectivity index (χ1n) is 9.01. The standard InChI is InChI=1S/C22H30/c1-3-5-7-11-19-13-9-15-21(17-19)22-16-10-14-20(18-22)12-8-6-4-2/h9-10,13-18H,3-8,11-12H2,1-2H3. The van der Waals surface area contributed by atoms with E-state index in [4.69, 9.17) is 0 Å². The lowest BCUT2D eigenvalue weighted by Crippen LogP contribution is -1.89. The van der Waals surface area contributed by atoms with Gasteiger partial charge in [0, 0.05) is 0 Å². The van der Waals surface area contributed by atoms with Crippen molar-refractivity contribution in [3.05, 3.63) is 59.7 Å². The second kappa shape index (κ2) is 9.46. The summed E-state index contributed by atoms with van der Waals surface area (Å²) >= 11 is 0. The smallest absolute Gasteiger partial charge is 0.0181 e. The molecule has 0 saturated carbocycles. The van der Waals surface area contributed by atoms with Crippen LogP contribution in [0.2, 0.25) is 0 Å². The van der Waals surface area contributed by atoms with E-state index in [2.05, 4.69) is 62.4 Å². The Hall–Kier alpha value is -1.56. The van der Waals surface area contributed by atoms with Gasteiger partial charge in [0.05, 0.1) is 0 Å². The SMILES string of the molecule is CCCCCc1cccc(-c2cccc(CCCCC)c2)c1. The van der Waals surface area contributed by atoms with Gasteiger partial charge in [-0.1, -0.05) is 88.1 Å². The maximum absolute atomic E-state index is 2.38. The van der Waals surface area contributed by atoms with Gasteiger partial charge in [0.15, 0.2) is 0 Å². The normalized spacial score (nSPS) is 10.8. The molecule has 0 heterocycles. The molecule has 0 radical (unpaired) electrons. The second-order valence-corrected chi connectivity index (χ2v) is 6.31. The lowest BCUT2D eigenvalue weighted by atomic mass is 9.97. The van der Waals surface area contributed by atoms with Crippen LogP contribution in [0.3, 0.4) is 0 Å². The van der Waals surface area contributed by atoms with Gasteiger partial charge in [0.1, 0.15) is 0 Å². The summed E-state index contributed by atoms with van der Waals surface area (Å²) in [6.45, 7) is 4.53. The first kappa shape index (κ1) is 16.8. The predicted molar refractivity (Wildman–Crippen MR) is 98.3 cm³/mol. The third kappa shape index (κ3) is 5.33. The van der Waals surface area contributed by atoms with Crippen LogP contribution in [0.1, 0.15) is 63.5 Å². The molecule has 2 aromatic rings. The van der Waals surface area contributed by atoms with E-state index in [1.165, 1.54) is 73.6 Å². The summed E-state index contributed by atoms with van der Waals surface area (Å²) in [5.74, 6) is 0. The zero-order valence-corrected chi connectivity index (χ0v) is 14.3. The zero-order valence-electron chi connectivity index (χ0n) is 14.3. The Balaban J connectivity index is 2.07. The summed E-state index contributed by atoms with van der Waals surface area (Å²) in [6.07, 6.45) is 10.3. The van der Waals surface area contributed by atoms with E-state index in [0.29, 0.717) is 0 Å². The van der Waals surface area contributed by atoms with E-state index in [1.54, 1.807) is 0 Å². The fourth-order valence-corrected chi connectivity index (χ4v) is 2.97. The molecule has 118 valence electrons. The number of hydrogen-bond acceptors (Lipinski definition) is 0. The average molecular weight is 294 g/mol. The van der Waals surface area contributed by atoms with Gasteiger partial charge in [-0.05, 0) is 47.9 Å². The van der Waals surface area contributed by atoms with Crippen molar-refractivity contribution >= 4 is 0 Å². The van der Waals surface area contributed by atoms with Crippen molar-refractivity contribution in [3.63, 3.8) is 0 Å². The highest BCUT2D eigenvalue weighted by Gasteiger charge is 2.01. The molecule has 0 saturated heterocycles. The number of aryl methyl sites for hydroxylation is 2. The molecule has 2 aromatic carbocycles. The summed E-state index contributed by atoms with van der Waals surface area (Å²) in [6, 6.07) is 18.2. The van der Waals surface area contributed by atoms with E-state index in [9.17, 15) is 0 Å². The molecule has 22 heavy (non-hydrogen) atoms. The molecule has 0 bridgehead atoms. The summed E-state index contributed by atoms with van der Waals surface area (Å²) < 4.78 is 0. The van der Waals surface area contributed by atoms with Crippen LogP contribution in [0.4, 0.5) is 0 Å². The molecule has 2 rings (SSSR count). The van der Waals surface area contributed by atoms with E-state index in [-0.39, 0.29) is 0 Å². The van der Waals surface area contributed by atoms with Crippen molar-refractivity contribution in [2.75, 3.05) is 0 Å². The lowest BCUT2D eigenvalue weighted by molar-refractivity contribution is 0.717. The van der Waals surface area contributed by atoms with Gasteiger partial charge >= 0.3 is 0 Å². The molecule has 0 N–H and O–H groups in total. The molecule has 0 nitrogen and oxygen atoms in total. The molecule has 0 aliphatic rings.